The number of carbonyl (C=O) groups excluding carboxylic acids is 2. The van der Waals surface area contributed by atoms with Crippen LogP contribution in [0, 0.1) is 0 Å². The first-order valence-electron chi connectivity index (χ1n) is 5.63. The Hall–Kier alpha value is -1.29. The average Bonchev–Trinajstić information content (AvgIpc) is 2.85. The molecular weight excluding hydrogens is 242 g/mol. The summed E-state index contributed by atoms with van der Waals surface area (Å²) in [5, 5.41) is 0.114. The Morgan fingerprint density at radius 2 is 2.35 bits per heavy atom. The van der Waals surface area contributed by atoms with Crippen molar-refractivity contribution < 1.29 is 14.0 Å². The number of amides is 1. The van der Waals surface area contributed by atoms with Gasteiger partial charge in [-0.3, -0.25) is 9.59 Å². The van der Waals surface area contributed by atoms with Crippen LogP contribution in [0.3, 0.4) is 0 Å². The van der Waals surface area contributed by atoms with Crippen molar-refractivity contribution >= 4 is 23.3 Å². The Balaban J connectivity index is 2.14. The lowest BCUT2D eigenvalue weighted by Gasteiger charge is -2.23. The van der Waals surface area contributed by atoms with Crippen molar-refractivity contribution in [1.82, 2.24) is 4.90 Å². The maximum absolute atomic E-state index is 12.2. The van der Waals surface area contributed by atoms with E-state index < -0.39 is 0 Å². The predicted molar refractivity (Wildman–Crippen MR) is 63.1 cm³/mol. The first-order valence-corrected chi connectivity index (χ1v) is 6.01. The molecule has 2 rings (SSSR count). The number of nitrogens with zero attached hydrogens (tertiary/aromatic N) is 1. The molecule has 17 heavy (non-hydrogen) atoms. The Bertz CT molecular complexity index is 441. The molecule has 2 heterocycles. The summed E-state index contributed by atoms with van der Waals surface area (Å²) in [6, 6.07) is 1.57. The van der Waals surface area contributed by atoms with E-state index in [0.717, 1.165) is 12.8 Å². The van der Waals surface area contributed by atoms with Gasteiger partial charge in [0.25, 0.3) is 5.91 Å². The van der Waals surface area contributed by atoms with Crippen LogP contribution in [0.15, 0.2) is 16.7 Å². The largest absolute Gasteiger partial charge is 0.452 e. The van der Waals surface area contributed by atoms with Gasteiger partial charge in [0.1, 0.15) is 5.78 Å². The molecule has 1 aromatic heterocycles. The van der Waals surface area contributed by atoms with Crippen molar-refractivity contribution in [2.45, 2.75) is 32.2 Å². The van der Waals surface area contributed by atoms with Crippen LogP contribution in [-0.2, 0) is 4.79 Å². The Morgan fingerprint density at radius 3 is 2.94 bits per heavy atom. The molecule has 5 heteroatoms. The summed E-state index contributed by atoms with van der Waals surface area (Å²) in [4.78, 5) is 25.1. The second-order valence-electron chi connectivity index (χ2n) is 4.31. The van der Waals surface area contributed by atoms with E-state index in [1.54, 1.807) is 17.9 Å². The second-order valence-corrected chi connectivity index (χ2v) is 4.65. The van der Waals surface area contributed by atoms with Crippen LogP contribution in [-0.4, -0.2) is 29.2 Å². The summed E-state index contributed by atoms with van der Waals surface area (Å²) in [6.07, 6.45) is 3.62. The quantitative estimate of drug-likeness (QED) is 0.834. The number of halogens is 1. The molecule has 0 bridgehead atoms. The highest BCUT2D eigenvalue weighted by Crippen LogP contribution is 2.26. The number of furan rings is 1. The van der Waals surface area contributed by atoms with E-state index in [4.69, 9.17) is 16.0 Å². The van der Waals surface area contributed by atoms with E-state index in [2.05, 4.69) is 0 Å². The van der Waals surface area contributed by atoms with Crippen LogP contribution in [0.2, 0.25) is 5.22 Å². The van der Waals surface area contributed by atoms with E-state index in [1.807, 2.05) is 0 Å². The van der Waals surface area contributed by atoms with Crippen LogP contribution in [0.25, 0.3) is 0 Å². The highest BCUT2D eigenvalue weighted by atomic mass is 35.5. The van der Waals surface area contributed by atoms with Gasteiger partial charge < -0.3 is 9.32 Å². The van der Waals surface area contributed by atoms with Gasteiger partial charge in [0.15, 0.2) is 0 Å². The molecule has 1 atom stereocenters. The summed E-state index contributed by atoms with van der Waals surface area (Å²) in [7, 11) is 0. The second kappa shape index (κ2) is 4.92. The summed E-state index contributed by atoms with van der Waals surface area (Å²) in [6.45, 7) is 2.23. The van der Waals surface area contributed by atoms with Crippen molar-refractivity contribution in [3.05, 3.63) is 23.1 Å². The fourth-order valence-corrected chi connectivity index (χ4v) is 2.44. The zero-order valence-corrected chi connectivity index (χ0v) is 10.4. The normalized spacial score (nSPS) is 19.6. The highest BCUT2D eigenvalue weighted by molar-refractivity contribution is 6.32. The highest BCUT2D eigenvalue weighted by Gasteiger charge is 2.31. The number of ketones is 1. The van der Waals surface area contributed by atoms with Crippen molar-refractivity contribution in [2.24, 2.45) is 0 Å². The molecule has 1 fully saturated rings. The minimum Gasteiger partial charge on any atom is -0.452 e. The number of rotatable bonds is 3. The van der Waals surface area contributed by atoms with E-state index >= 15 is 0 Å². The molecule has 0 aromatic carbocycles. The average molecular weight is 256 g/mol. The first-order chi connectivity index (χ1) is 8.09. The Labute approximate surface area is 105 Å². The molecule has 0 saturated carbocycles. The third-order valence-corrected chi connectivity index (χ3v) is 3.30. The van der Waals surface area contributed by atoms with Gasteiger partial charge in [-0.15, -0.1) is 0 Å². The minimum atomic E-state index is -0.146. The number of Topliss-reactive ketones (excluding diaryl/α,β-unsaturated/α-hetero) is 1. The van der Waals surface area contributed by atoms with E-state index in [9.17, 15) is 9.59 Å². The summed E-state index contributed by atoms with van der Waals surface area (Å²) in [5.74, 6) is -0.0412. The van der Waals surface area contributed by atoms with Crippen molar-refractivity contribution in [3.63, 3.8) is 0 Å². The van der Waals surface area contributed by atoms with E-state index in [1.165, 1.54) is 6.26 Å². The van der Waals surface area contributed by atoms with Gasteiger partial charge in [-0.1, -0.05) is 0 Å². The number of hydrogen-bond acceptors (Lipinski definition) is 3. The topological polar surface area (TPSA) is 50.5 Å². The van der Waals surface area contributed by atoms with E-state index in [0.29, 0.717) is 18.5 Å². The monoisotopic (exact) mass is 255 g/mol. The fourth-order valence-electron chi connectivity index (χ4n) is 2.25. The third kappa shape index (κ3) is 2.52. The smallest absolute Gasteiger partial charge is 0.258 e. The van der Waals surface area contributed by atoms with Crippen LogP contribution in [0.4, 0.5) is 0 Å². The van der Waals surface area contributed by atoms with Crippen molar-refractivity contribution in [2.75, 3.05) is 6.54 Å². The number of likely N-dealkylation sites (tertiary alicyclic amines) is 1. The fraction of sp³-hybridized carbons (Fsp3) is 0.500. The lowest BCUT2D eigenvalue weighted by Crippen LogP contribution is -2.36. The maximum atomic E-state index is 12.2. The molecule has 4 nitrogen and oxygen atoms in total. The third-order valence-electron chi connectivity index (χ3n) is 3.01. The van der Waals surface area contributed by atoms with Gasteiger partial charge in [0, 0.05) is 19.0 Å². The molecule has 1 aliphatic rings. The lowest BCUT2D eigenvalue weighted by molar-refractivity contribution is -0.117. The zero-order valence-electron chi connectivity index (χ0n) is 9.61. The SMILES string of the molecule is CC(=O)CC1CCCN1C(=O)c1ccoc1Cl. The molecule has 1 aromatic rings. The van der Waals surface area contributed by atoms with Gasteiger partial charge in [-0.25, -0.2) is 0 Å². The Morgan fingerprint density at radius 1 is 1.59 bits per heavy atom. The van der Waals surface area contributed by atoms with Crippen LogP contribution in [0.1, 0.15) is 36.5 Å². The zero-order chi connectivity index (χ0) is 12.4. The molecule has 0 N–H and O–H groups in total. The molecule has 1 unspecified atom stereocenters. The lowest BCUT2D eigenvalue weighted by atomic mass is 10.1. The maximum Gasteiger partial charge on any atom is 0.258 e. The van der Waals surface area contributed by atoms with Crippen LogP contribution in [0.5, 0.6) is 0 Å². The van der Waals surface area contributed by atoms with Crippen molar-refractivity contribution in [3.8, 4) is 0 Å². The number of hydrogen-bond donors (Lipinski definition) is 0. The molecule has 0 radical (unpaired) electrons. The molecule has 1 saturated heterocycles. The Kier molecular flexibility index (Phi) is 3.52. The van der Waals surface area contributed by atoms with Gasteiger partial charge in [0.05, 0.1) is 11.8 Å². The van der Waals surface area contributed by atoms with Gasteiger partial charge >= 0.3 is 0 Å². The van der Waals surface area contributed by atoms with Gasteiger partial charge in [0.2, 0.25) is 5.22 Å². The van der Waals surface area contributed by atoms with E-state index in [-0.39, 0.29) is 23.0 Å². The van der Waals surface area contributed by atoms with Crippen LogP contribution < -0.4 is 0 Å². The first kappa shape index (κ1) is 12.2. The molecule has 1 amide bonds. The molecule has 1 aliphatic heterocycles. The summed E-state index contributed by atoms with van der Waals surface area (Å²) < 4.78 is 4.91. The predicted octanol–water partition coefficient (Wildman–Crippen LogP) is 2.52. The molecule has 92 valence electrons. The molecule has 0 spiro atoms. The van der Waals surface area contributed by atoms with Crippen molar-refractivity contribution in [1.29, 1.82) is 0 Å². The summed E-state index contributed by atoms with van der Waals surface area (Å²) >= 11 is 5.79. The summed E-state index contributed by atoms with van der Waals surface area (Å²) in [5.41, 5.74) is 0.377. The van der Waals surface area contributed by atoms with Gasteiger partial charge in [-0.2, -0.15) is 0 Å². The van der Waals surface area contributed by atoms with Gasteiger partial charge in [-0.05, 0) is 37.4 Å². The number of carbonyl (C=O) groups is 2. The standard InChI is InChI=1S/C12H14ClNO3/c1-8(15)7-9-3-2-5-14(9)12(16)10-4-6-17-11(10)13/h4,6,9H,2-3,5,7H2,1H3. The molecular formula is C12H14ClNO3. The molecule has 0 aliphatic carbocycles. The van der Waals surface area contributed by atoms with Crippen LogP contribution >= 0.6 is 11.6 Å². The minimum absolute atomic E-state index is 0.00552.